The van der Waals surface area contributed by atoms with Gasteiger partial charge in [0, 0.05) is 38.3 Å². The van der Waals surface area contributed by atoms with Crippen molar-refractivity contribution < 1.29 is 13.9 Å². The molecule has 0 spiro atoms. The minimum Gasteiger partial charge on any atom is -0.451 e. The Hall–Kier alpha value is -1.82. The van der Waals surface area contributed by atoms with Gasteiger partial charge in [0.25, 0.3) is 5.91 Å². The SMILES string of the molecule is O=C(c1ccc(-c2ccccc2Cl)o1)N1CCC(CN2CCOCC2)CC1. The molecule has 2 aromatic rings. The lowest BCUT2D eigenvalue weighted by atomic mass is 9.96. The second-order valence-corrected chi connectivity index (χ2v) is 7.70. The summed E-state index contributed by atoms with van der Waals surface area (Å²) in [7, 11) is 0. The maximum Gasteiger partial charge on any atom is 0.289 e. The third kappa shape index (κ3) is 4.37. The number of ether oxygens (including phenoxy) is 1. The fourth-order valence-electron chi connectivity index (χ4n) is 3.88. The van der Waals surface area contributed by atoms with E-state index in [-0.39, 0.29) is 5.91 Å². The summed E-state index contributed by atoms with van der Waals surface area (Å²) in [5, 5.41) is 0.620. The van der Waals surface area contributed by atoms with Gasteiger partial charge in [-0.25, -0.2) is 0 Å². The van der Waals surface area contributed by atoms with E-state index in [1.165, 1.54) is 0 Å². The number of amides is 1. The molecule has 144 valence electrons. The molecule has 0 unspecified atom stereocenters. The second-order valence-electron chi connectivity index (χ2n) is 7.29. The van der Waals surface area contributed by atoms with Crippen molar-refractivity contribution in [3.63, 3.8) is 0 Å². The highest BCUT2D eigenvalue weighted by Crippen LogP contribution is 2.30. The number of rotatable bonds is 4. The maximum atomic E-state index is 12.8. The molecule has 6 heteroatoms. The summed E-state index contributed by atoms with van der Waals surface area (Å²) in [6.07, 6.45) is 2.09. The minimum atomic E-state index is -0.0295. The van der Waals surface area contributed by atoms with Crippen LogP contribution in [0.1, 0.15) is 23.4 Å². The molecule has 3 heterocycles. The summed E-state index contributed by atoms with van der Waals surface area (Å²) >= 11 is 6.23. The van der Waals surface area contributed by atoms with Crippen molar-refractivity contribution in [1.29, 1.82) is 0 Å². The van der Waals surface area contributed by atoms with Gasteiger partial charge in [0.05, 0.1) is 18.2 Å². The first kappa shape index (κ1) is 18.5. The number of carbonyl (C=O) groups excluding carboxylic acids is 1. The van der Waals surface area contributed by atoms with Crippen LogP contribution in [0.3, 0.4) is 0 Å². The van der Waals surface area contributed by atoms with Crippen molar-refractivity contribution in [2.24, 2.45) is 5.92 Å². The summed E-state index contributed by atoms with van der Waals surface area (Å²) in [6, 6.07) is 11.1. The standard InChI is InChI=1S/C21H25ClN2O3/c22-18-4-2-1-3-17(18)19-5-6-20(27-19)21(25)24-9-7-16(8-10-24)15-23-11-13-26-14-12-23/h1-6,16H,7-15H2. The van der Waals surface area contributed by atoms with Gasteiger partial charge in [-0.15, -0.1) is 0 Å². The van der Waals surface area contributed by atoms with Crippen LogP contribution < -0.4 is 0 Å². The van der Waals surface area contributed by atoms with Crippen molar-refractivity contribution in [2.45, 2.75) is 12.8 Å². The Morgan fingerprint density at radius 2 is 1.78 bits per heavy atom. The highest BCUT2D eigenvalue weighted by Gasteiger charge is 2.27. The van der Waals surface area contributed by atoms with E-state index >= 15 is 0 Å². The molecule has 0 atom stereocenters. The zero-order valence-electron chi connectivity index (χ0n) is 15.4. The van der Waals surface area contributed by atoms with Crippen LogP contribution in [-0.2, 0) is 4.74 Å². The average Bonchev–Trinajstić information content (AvgIpc) is 3.19. The van der Waals surface area contributed by atoms with Crippen molar-refractivity contribution in [3.05, 3.63) is 47.2 Å². The number of nitrogens with zero attached hydrogens (tertiary/aromatic N) is 2. The quantitative estimate of drug-likeness (QED) is 0.799. The molecular weight excluding hydrogens is 364 g/mol. The lowest BCUT2D eigenvalue weighted by Gasteiger charge is -2.35. The van der Waals surface area contributed by atoms with Crippen LogP contribution >= 0.6 is 11.6 Å². The molecule has 4 rings (SSSR count). The maximum absolute atomic E-state index is 12.8. The molecule has 1 amide bonds. The Morgan fingerprint density at radius 1 is 1.04 bits per heavy atom. The van der Waals surface area contributed by atoms with Crippen LogP contribution in [-0.4, -0.2) is 61.6 Å². The highest BCUT2D eigenvalue weighted by molar-refractivity contribution is 6.33. The van der Waals surface area contributed by atoms with Gasteiger partial charge >= 0.3 is 0 Å². The predicted molar refractivity (Wildman–Crippen MR) is 105 cm³/mol. The molecule has 0 aliphatic carbocycles. The van der Waals surface area contributed by atoms with E-state index < -0.39 is 0 Å². The monoisotopic (exact) mass is 388 g/mol. The molecule has 5 nitrogen and oxygen atoms in total. The predicted octanol–water partition coefficient (Wildman–Crippen LogP) is 3.78. The number of halogens is 1. The van der Waals surface area contributed by atoms with Crippen molar-refractivity contribution >= 4 is 17.5 Å². The summed E-state index contributed by atoms with van der Waals surface area (Å²) in [6.45, 7) is 6.41. The summed E-state index contributed by atoms with van der Waals surface area (Å²) in [4.78, 5) is 17.2. The zero-order chi connectivity index (χ0) is 18.6. The number of hydrogen-bond acceptors (Lipinski definition) is 4. The van der Waals surface area contributed by atoms with E-state index in [0.717, 1.165) is 64.3 Å². The third-order valence-electron chi connectivity index (χ3n) is 5.48. The number of carbonyl (C=O) groups is 1. The Balaban J connectivity index is 1.34. The van der Waals surface area contributed by atoms with Gasteiger partial charge in [0.15, 0.2) is 5.76 Å². The van der Waals surface area contributed by atoms with Crippen molar-refractivity contribution in [3.8, 4) is 11.3 Å². The molecule has 1 aromatic carbocycles. The number of furan rings is 1. The van der Waals surface area contributed by atoms with Gasteiger partial charge in [-0.3, -0.25) is 9.69 Å². The minimum absolute atomic E-state index is 0.0295. The van der Waals surface area contributed by atoms with Crippen LogP contribution in [0.4, 0.5) is 0 Å². The van der Waals surface area contributed by atoms with Gasteiger partial charge < -0.3 is 14.1 Å². The molecule has 2 fully saturated rings. The average molecular weight is 389 g/mol. The first-order valence-corrected chi connectivity index (χ1v) is 10.0. The normalized spacial score (nSPS) is 19.4. The number of hydrogen-bond donors (Lipinski definition) is 0. The van der Waals surface area contributed by atoms with Gasteiger partial charge in [-0.1, -0.05) is 23.7 Å². The largest absolute Gasteiger partial charge is 0.451 e. The van der Waals surface area contributed by atoms with Crippen molar-refractivity contribution in [2.75, 3.05) is 45.9 Å². The van der Waals surface area contributed by atoms with Crippen LogP contribution in [0.2, 0.25) is 5.02 Å². The Bertz CT molecular complexity index is 777. The number of benzene rings is 1. The number of piperidine rings is 1. The van der Waals surface area contributed by atoms with Crippen LogP contribution in [0.25, 0.3) is 11.3 Å². The first-order chi connectivity index (χ1) is 13.2. The van der Waals surface area contributed by atoms with Gasteiger partial charge in [0.1, 0.15) is 5.76 Å². The molecule has 0 saturated carbocycles. The fraction of sp³-hybridized carbons (Fsp3) is 0.476. The molecule has 1 aromatic heterocycles. The molecule has 2 aliphatic rings. The zero-order valence-corrected chi connectivity index (χ0v) is 16.2. The smallest absolute Gasteiger partial charge is 0.289 e. The lowest BCUT2D eigenvalue weighted by molar-refractivity contribution is 0.0240. The van der Waals surface area contributed by atoms with Crippen molar-refractivity contribution in [1.82, 2.24) is 9.80 Å². The molecule has 0 bridgehead atoms. The Labute approximate surface area is 164 Å². The topological polar surface area (TPSA) is 45.9 Å². The number of morpholine rings is 1. The first-order valence-electron chi connectivity index (χ1n) is 9.65. The van der Waals surface area contributed by atoms with E-state index in [9.17, 15) is 4.79 Å². The van der Waals surface area contributed by atoms with Gasteiger partial charge in [0.2, 0.25) is 0 Å². The molecule has 2 aliphatic heterocycles. The van der Waals surface area contributed by atoms with Gasteiger partial charge in [-0.2, -0.15) is 0 Å². The molecule has 0 radical (unpaired) electrons. The van der Waals surface area contributed by atoms with E-state index in [1.807, 2.05) is 35.2 Å². The summed E-state index contributed by atoms with van der Waals surface area (Å²) < 4.78 is 11.2. The molecule has 2 saturated heterocycles. The fourth-order valence-corrected chi connectivity index (χ4v) is 4.11. The van der Waals surface area contributed by atoms with Gasteiger partial charge in [-0.05, 0) is 43.0 Å². The molecule has 27 heavy (non-hydrogen) atoms. The van der Waals surface area contributed by atoms with E-state index in [4.69, 9.17) is 20.8 Å². The Morgan fingerprint density at radius 3 is 2.52 bits per heavy atom. The lowest BCUT2D eigenvalue weighted by Crippen LogP contribution is -2.44. The second kappa shape index (κ2) is 8.46. The summed E-state index contributed by atoms with van der Waals surface area (Å²) in [5.41, 5.74) is 0.808. The van der Waals surface area contributed by atoms with Crippen LogP contribution in [0, 0.1) is 5.92 Å². The van der Waals surface area contributed by atoms with E-state index in [0.29, 0.717) is 22.5 Å². The molecular formula is C21H25ClN2O3. The highest BCUT2D eigenvalue weighted by atomic mass is 35.5. The van der Waals surface area contributed by atoms with Crippen LogP contribution in [0.5, 0.6) is 0 Å². The number of likely N-dealkylation sites (tertiary alicyclic amines) is 1. The van der Waals surface area contributed by atoms with E-state index in [1.54, 1.807) is 6.07 Å². The molecule has 0 N–H and O–H groups in total. The third-order valence-corrected chi connectivity index (χ3v) is 5.81. The summed E-state index contributed by atoms with van der Waals surface area (Å²) in [5.74, 6) is 1.64. The van der Waals surface area contributed by atoms with E-state index in [2.05, 4.69) is 4.90 Å². The Kier molecular flexibility index (Phi) is 5.81. The van der Waals surface area contributed by atoms with Crippen LogP contribution in [0.15, 0.2) is 40.8 Å².